The Morgan fingerprint density at radius 3 is 2.52 bits per heavy atom. The first-order chi connectivity index (χ1) is 13.0. The van der Waals surface area contributed by atoms with Crippen LogP contribution >= 0.6 is 0 Å². The maximum atomic E-state index is 5.99. The van der Waals surface area contributed by atoms with Gasteiger partial charge in [0.1, 0.15) is 11.9 Å². The summed E-state index contributed by atoms with van der Waals surface area (Å²) in [5.41, 5.74) is 1.24. The number of aryl methyl sites for hydroxylation is 1. The van der Waals surface area contributed by atoms with Gasteiger partial charge in [0.05, 0.1) is 6.54 Å². The Morgan fingerprint density at radius 1 is 1.22 bits per heavy atom. The molecule has 2 aliphatic rings. The van der Waals surface area contributed by atoms with Gasteiger partial charge in [-0.2, -0.15) is 0 Å². The van der Waals surface area contributed by atoms with Crippen molar-refractivity contribution in [2.45, 2.75) is 77.1 Å². The first-order valence-corrected chi connectivity index (χ1v) is 10.5. The Morgan fingerprint density at radius 2 is 1.89 bits per heavy atom. The SMILES string of the molecule is CCNC(=NCC(C)Oc1ccc(C)cc1)NC1CC2CCCC(C1)N2C. The van der Waals surface area contributed by atoms with Crippen molar-refractivity contribution in [3.63, 3.8) is 0 Å². The molecular weight excluding hydrogens is 336 g/mol. The highest BCUT2D eigenvalue weighted by molar-refractivity contribution is 5.80. The number of benzene rings is 1. The number of guanidine groups is 1. The third kappa shape index (κ3) is 5.61. The van der Waals surface area contributed by atoms with Crippen LogP contribution in [0.1, 0.15) is 51.5 Å². The van der Waals surface area contributed by atoms with Crippen LogP contribution in [0.2, 0.25) is 0 Å². The maximum absolute atomic E-state index is 5.99. The van der Waals surface area contributed by atoms with Gasteiger partial charge in [0.15, 0.2) is 5.96 Å². The Bertz CT molecular complexity index is 601. The van der Waals surface area contributed by atoms with Gasteiger partial charge in [-0.25, -0.2) is 4.99 Å². The molecule has 0 aliphatic carbocycles. The fourth-order valence-corrected chi connectivity index (χ4v) is 4.35. The van der Waals surface area contributed by atoms with Gasteiger partial charge in [-0.15, -0.1) is 0 Å². The van der Waals surface area contributed by atoms with E-state index in [2.05, 4.69) is 55.5 Å². The summed E-state index contributed by atoms with van der Waals surface area (Å²) in [5, 5.41) is 7.09. The summed E-state index contributed by atoms with van der Waals surface area (Å²) in [4.78, 5) is 7.39. The topological polar surface area (TPSA) is 48.9 Å². The van der Waals surface area contributed by atoms with E-state index in [1.54, 1.807) is 0 Å². The van der Waals surface area contributed by atoms with E-state index < -0.39 is 0 Å². The maximum Gasteiger partial charge on any atom is 0.191 e. The van der Waals surface area contributed by atoms with Crippen LogP contribution in [0.5, 0.6) is 5.75 Å². The van der Waals surface area contributed by atoms with E-state index in [1.165, 1.54) is 37.7 Å². The number of nitrogens with zero attached hydrogens (tertiary/aromatic N) is 2. The quantitative estimate of drug-likeness (QED) is 0.594. The molecule has 2 fully saturated rings. The third-order valence-electron chi connectivity index (χ3n) is 5.89. The van der Waals surface area contributed by atoms with Crippen molar-refractivity contribution in [2.75, 3.05) is 20.1 Å². The van der Waals surface area contributed by atoms with Crippen LogP contribution in [0.25, 0.3) is 0 Å². The second-order valence-electron chi connectivity index (χ2n) is 8.18. The van der Waals surface area contributed by atoms with Gasteiger partial charge < -0.3 is 20.3 Å². The van der Waals surface area contributed by atoms with Crippen LogP contribution in [0.4, 0.5) is 0 Å². The van der Waals surface area contributed by atoms with Gasteiger partial charge in [0.2, 0.25) is 0 Å². The molecule has 1 aromatic carbocycles. The lowest BCUT2D eigenvalue weighted by Gasteiger charge is -2.47. The number of hydrogen-bond donors (Lipinski definition) is 2. The summed E-state index contributed by atoms with van der Waals surface area (Å²) in [6.45, 7) is 7.80. The zero-order chi connectivity index (χ0) is 19.2. The lowest BCUT2D eigenvalue weighted by Crippen LogP contribution is -2.56. The molecule has 0 spiro atoms. The number of ether oxygens (including phenoxy) is 1. The van der Waals surface area contributed by atoms with Crippen LogP contribution in [0.3, 0.4) is 0 Å². The van der Waals surface area contributed by atoms with Crippen LogP contribution in [0.15, 0.2) is 29.3 Å². The van der Waals surface area contributed by atoms with Gasteiger partial charge in [0, 0.05) is 24.7 Å². The number of aliphatic imine (C=N–C) groups is 1. The Kier molecular flexibility index (Phi) is 7.00. The molecule has 27 heavy (non-hydrogen) atoms. The van der Waals surface area contributed by atoms with Crippen molar-refractivity contribution in [3.8, 4) is 5.75 Å². The summed E-state index contributed by atoms with van der Waals surface area (Å²) >= 11 is 0. The second kappa shape index (κ2) is 9.45. The molecule has 3 atom stereocenters. The van der Waals surface area contributed by atoms with Gasteiger partial charge in [-0.1, -0.05) is 24.1 Å². The van der Waals surface area contributed by atoms with Crippen molar-refractivity contribution in [1.29, 1.82) is 0 Å². The molecule has 0 radical (unpaired) electrons. The minimum absolute atomic E-state index is 0.0417. The summed E-state index contributed by atoms with van der Waals surface area (Å²) in [7, 11) is 2.30. The van der Waals surface area contributed by atoms with Crippen LogP contribution in [-0.4, -0.2) is 55.2 Å². The molecule has 5 nitrogen and oxygen atoms in total. The molecule has 2 aliphatic heterocycles. The van der Waals surface area contributed by atoms with Crippen LogP contribution in [-0.2, 0) is 0 Å². The van der Waals surface area contributed by atoms with Crippen LogP contribution < -0.4 is 15.4 Å². The highest BCUT2D eigenvalue weighted by atomic mass is 16.5. The first-order valence-electron chi connectivity index (χ1n) is 10.5. The van der Waals surface area contributed by atoms with E-state index in [1.807, 2.05) is 12.1 Å². The van der Waals surface area contributed by atoms with Gasteiger partial charge >= 0.3 is 0 Å². The number of hydrogen-bond acceptors (Lipinski definition) is 3. The summed E-state index contributed by atoms with van der Waals surface area (Å²) in [6.07, 6.45) is 6.52. The fourth-order valence-electron chi connectivity index (χ4n) is 4.35. The van der Waals surface area contributed by atoms with Crippen molar-refractivity contribution < 1.29 is 4.74 Å². The molecule has 2 saturated heterocycles. The van der Waals surface area contributed by atoms with E-state index in [0.29, 0.717) is 12.6 Å². The highest BCUT2D eigenvalue weighted by Gasteiger charge is 2.36. The van der Waals surface area contributed by atoms with Crippen molar-refractivity contribution in [3.05, 3.63) is 29.8 Å². The Labute approximate surface area is 164 Å². The van der Waals surface area contributed by atoms with Crippen molar-refractivity contribution >= 4 is 5.96 Å². The van der Waals surface area contributed by atoms with Gasteiger partial charge in [0.25, 0.3) is 0 Å². The average molecular weight is 373 g/mol. The molecule has 2 N–H and O–H groups in total. The molecule has 3 rings (SSSR count). The van der Waals surface area contributed by atoms with Crippen molar-refractivity contribution in [2.24, 2.45) is 4.99 Å². The predicted molar refractivity (Wildman–Crippen MR) is 113 cm³/mol. The number of piperidine rings is 2. The minimum atomic E-state index is 0.0417. The third-order valence-corrected chi connectivity index (χ3v) is 5.89. The van der Waals surface area contributed by atoms with E-state index >= 15 is 0 Å². The predicted octanol–water partition coefficient (Wildman–Crippen LogP) is 3.33. The van der Waals surface area contributed by atoms with Crippen LogP contribution in [0, 0.1) is 6.92 Å². The van der Waals surface area contributed by atoms with E-state index in [0.717, 1.165) is 30.3 Å². The smallest absolute Gasteiger partial charge is 0.191 e. The van der Waals surface area contributed by atoms with Crippen molar-refractivity contribution in [1.82, 2.24) is 15.5 Å². The van der Waals surface area contributed by atoms with Gasteiger partial charge in [-0.05, 0) is 65.6 Å². The Balaban J connectivity index is 1.53. The van der Waals surface area contributed by atoms with E-state index in [4.69, 9.17) is 9.73 Å². The Hall–Kier alpha value is -1.75. The molecule has 0 aromatic heterocycles. The number of fused-ring (bicyclic) bond motifs is 2. The molecule has 5 heteroatoms. The molecule has 3 unspecified atom stereocenters. The molecule has 0 amide bonds. The number of nitrogens with one attached hydrogen (secondary N) is 2. The van der Waals surface area contributed by atoms with E-state index in [9.17, 15) is 0 Å². The van der Waals surface area contributed by atoms with Gasteiger partial charge in [-0.3, -0.25) is 0 Å². The monoisotopic (exact) mass is 372 g/mol. The molecular formula is C22H36N4O. The second-order valence-corrected chi connectivity index (χ2v) is 8.18. The average Bonchev–Trinajstić information content (AvgIpc) is 2.63. The fraction of sp³-hybridized carbons (Fsp3) is 0.682. The molecule has 1 aromatic rings. The zero-order valence-corrected chi connectivity index (χ0v) is 17.4. The zero-order valence-electron chi connectivity index (χ0n) is 17.4. The largest absolute Gasteiger partial charge is 0.489 e. The lowest BCUT2D eigenvalue weighted by atomic mass is 9.82. The molecule has 2 heterocycles. The molecule has 150 valence electrons. The standard InChI is InChI=1S/C22H36N4O/c1-5-23-22(24-15-17(3)27-21-11-9-16(2)10-12-21)25-18-13-19-7-6-8-20(14-18)26(19)4/h9-12,17-20H,5-8,13-15H2,1-4H3,(H2,23,24,25). The normalized spacial score (nSPS) is 27.1. The number of rotatable bonds is 6. The molecule has 2 bridgehead atoms. The molecule has 0 saturated carbocycles. The lowest BCUT2D eigenvalue weighted by molar-refractivity contribution is 0.0526. The first kappa shape index (κ1) is 20.0. The highest BCUT2D eigenvalue weighted by Crippen LogP contribution is 2.32. The van der Waals surface area contributed by atoms with E-state index in [-0.39, 0.29) is 6.10 Å². The minimum Gasteiger partial charge on any atom is -0.489 e. The summed E-state index contributed by atoms with van der Waals surface area (Å²) < 4.78 is 5.99. The summed E-state index contributed by atoms with van der Waals surface area (Å²) in [5.74, 6) is 1.83. The summed E-state index contributed by atoms with van der Waals surface area (Å²) in [6, 6.07) is 10.2.